The first-order chi connectivity index (χ1) is 12.8. The Morgan fingerprint density at radius 1 is 0.769 bits per heavy atom. The Labute approximate surface area is 159 Å². The van der Waals surface area contributed by atoms with Crippen LogP contribution in [0.1, 0.15) is 63.9 Å². The third-order valence-corrected chi connectivity index (χ3v) is 8.62. The Morgan fingerprint density at radius 3 is 2.12 bits per heavy atom. The Kier molecular flexibility index (Phi) is 4.23. The number of hydrogen-bond donors (Lipinski definition) is 0. The first-order valence-corrected chi connectivity index (χ1v) is 11.0. The summed E-state index contributed by atoms with van der Waals surface area (Å²) in [4.78, 5) is 0. The molecule has 0 aromatic heterocycles. The number of benzene rings is 1. The van der Waals surface area contributed by atoms with Crippen molar-refractivity contribution in [2.24, 2.45) is 35.5 Å². The third-order valence-electron chi connectivity index (χ3n) is 8.62. The van der Waals surface area contributed by atoms with Crippen molar-refractivity contribution < 1.29 is 0 Å². The van der Waals surface area contributed by atoms with Crippen LogP contribution in [0.2, 0.25) is 0 Å². The molecular formula is C26H32. The van der Waals surface area contributed by atoms with E-state index in [1.807, 2.05) is 0 Å². The molecule has 0 aliphatic heterocycles. The van der Waals surface area contributed by atoms with Crippen LogP contribution in [0.25, 0.3) is 0 Å². The van der Waals surface area contributed by atoms with Gasteiger partial charge < -0.3 is 0 Å². The van der Waals surface area contributed by atoms with E-state index in [1.165, 1.54) is 51.4 Å². The minimum absolute atomic E-state index is 0.306. The van der Waals surface area contributed by atoms with E-state index in [9.17, 15) is 0 Å². The molecular weight excluding hydrogens is 312 g/mol. The van der Waals surface area contributed by atoms with E-state index >= 15 is 0 Å². The quantitative estimate of drug-likeness (QED) is 0.536. The predicted molar refractivity (Wildman–Crippen MR) is 108 cm³/mol. The maximum atomic E-state index is 3.38. The van der Waals surface area contributed by atoms with Crippen LogP contribution in [-0.2, 0) is 5.41 Å². The SMILES string of the molecule is C[C@](c1ccccc1)(C1CCCC1)C1C2C=C=C=CC2C2CCCCC21. The highest BCUT2D eigenvalue weighted by Gasteiger charge is 2.58. The van der Waals surface area contributed by atoms with Gasteiger partial charge in [-0.15, -0.1) is 0 Å². The van der Waals surface area contributed by atoms with Gasteiger partial charge >= 0.3 is 0 Å². The standard InChI is InChI=1S/C26H32/c1-26(20-13-5-6-14-20,19-11-3-2-4-12-19)25-23-17-9-7-15-21(23)22-16-8-10-18-24(22)25/h2-4,11-12,16,18,20-25H,5-7,9,13-15,17H2,1H3/t21?,22?,23?,24?,25?,26-/m0/s1. The van der Waals surface area contributed by atoms with E-state index in [1.54, 1.807) is 5.56 Å². The molecule has 4 aliphatic carbocycles. The first-order valence-electron chi connectivity index (χ1n) is 11.0. The summed E-state index contributed by atoms with van der Waals surface area (Å²) in [5.74, 6) is 4.78. The van der Waals surface area contributed by atoms with Gasteiger partial charge in [0.1, 0.15) is 0 Å². The van der Waals surface area contributed by atoms with Crippen molar-refractivity contribution in [2.45, 2.75) is 63.7 Å². The van der Waals surface area contributed by atoms with Crippen molar-refractivity contribution in [3.05, 3.63) is 59.5 Å². The normalized spacial score (nSPS) is 38.1. The summed E-state index contributed by atoms with van der Waals surface area (Å²) in [6, 6.07) is 11.6. The molecule has 0 bridgehead atoms. The smallest absolute Gasteiger partial charge is 0.00100 e. The van der Waals surface area contributed by atoms with Crippen molar-refractivity contribution in [3.8, 4) is 0 Å². The average molecular weight is 345 g/mol. The summed E-state index contributed by atoms with van der Waals surface area (Å²) in [5, 5.41) is 0. The van der Waals surface area contributed by atoms with Gasteiger partial charge in [-0.3, -0.25) is 0 Å². The lowest BCUT2D eigenvalue weighted by atomic mass is 9.56. The highest BCUT2D eigenvalue weighted by Crippen LogP contribution is 2.62. The molecule has 0 heterocycles. The van der Waals surface area contributed by atoms with Crippen molar-refractivity contribution in [2.75, 3.05) is 0 Å². The number of allylic oxidation sites excluding steroid dienone is 2. The van der Waals surface area contributed by atoms with Crippen molar-refractivity contribution in [1.29, 1.82) is 0 Å². The summed E-state index contributed by atoms with van der Waals surface area (Å²) < 4.78 is 0. The monoisotopic (exact) mass is 344 g/mol. The Balaban J connectivity index is 1.64. The van der Waals surface area contributed by atoms with Gasteiger partial charge in [0, 0.05) is 0 Å². The second-order valence-electron chi connectivity index (χ2n) is 9.54. The molecule has 3 fully saturated rings. The topological polar surface area (TPSA) is 0 Å². The van der Waals surface area contributed by atoms with Crippen LogP contribution in [0.5, 0.6) is 0 Å². The summed E-state index contributed by atoms with van der Waals surface area (Å²) in [6.07, 6.45) is 16.3. The molecule has 3 saturated carbocycles. The van der Waals surface area contributed by atoms with Crippen molar-refractivity contribution >= 4 is 0 Å². The molecule has 0 nitrogen and oxygen atoms in total. The highest BCUT2D eigenvalue weighted by atomic mass is 14.6. The molecule has 0 radical (unpaired) electrons. The van der Waals surface area contributed by atoms with Gasteiger partial charge in [0.2, 0.25) is 0 Å². The van der Waals surface area contributed by atoms with Crippen LogP contribution in [0.4, 0.5) is 0 Å². The van der Waals surface area contributed by atoms with Gasteiger partial charge in [-0.25, -0.2) is 0 Å². The molecule has 5 unspecified atom stereocenters. The van der Waals surface area contributed by atoms with E-state index in [0.717, 1.165) is 29.6 Å². The van der Waals surface area contributed by atoms with Gasteiger partial charge in [0.05, 0.1) is 0 Å². The van der Waals surface area contributed by atoms with Crippen LogP contribution < -0.4 is 0 Å². The van der Waals surface area contributed by atoms with Crippen molar-refractivity contribution in [1.82, 2.24) is 0 Å². The molecule has 0 amide bonds. The van der Waals surface area contributed by atoms with Gasteiger partial charge in [0.15, 0.2) is 0 Å². The second-order valence-corrected chi connectivity index (χ2v) is 9.54. The second kappa shape index (κ2) is 6.60. The Hall–Kier alpha value is -1.48. The van der Waals surface area contributed by atoms with E-state index < -0.39 is 0 Å². The number of hydrogen-bond acceptors (Lipinski definition) is 0. The van der Waals surface area contributed by atoms with Crippen LogP contribution in [0.15, 0.2) is 53.9 Å². The maximum Gasteiger partial charge on any atom is -0.00100 e. The molecule has 26 heavy (non-hydrogen) atoms. The molecule has 0 spiro atoms. The number of fused-ring (bicyclic) bond motifs is 3. The van der Waals surface area contributed by atoms with E-state index in [2.05, 4.69) is 60.9 Å². The summed E-state index contributed by atoms with van der Waals surface area (Å²) in [5.41, 5.74) is 8.63. The lowest BCUT2D eigenvalue weighted by Crippen LogP contribution is -2.44. The van der Waals surface area contributed by atoms with Crippen molar-refractivity contribution in [3.63, 3.8) is 0 Å². The van der Waals surface area contributed by atoms with Gasteiger partial charge in [0.25, 0.3) is 0 Å². The largest absolute Gasteiger partial charge is 0.0746 e. The minimum Gasteiger partial charge on any atom is -0.0746 e. The maximum absolute atomic E-state index is 3.38. The first kappa shape index (κ1) is 16.7. The predicted octanol–water partition coefficient (Wildman–Crippen LogP) is 6.68. The zero-order valence-electron chi connectivity index (χ0n) is 16.2. The summed E-state index contributed by atoms with van der Waals surface area (Å²) in [7, 11) is 0. The Morgan fingerprint density at radius 2 is 1.38 bits per heavy atom. The van der Waals surface area contributed by atoms with Gasteiger partial charge in [-0.1, -0.05) is 74.4 Å². The van der Waals surface area contributed by atoms with Crippen LogP contribution in [-0.4, -0.2) is 0 Å². The van der Waals surface area contributed by atoms with Crippen LogP contribution in [0.3, 0.4) is 0 Å². The summed E-state index contributed by atoms with van der Waals surface area (Å²) in [6.45, 7) is 2.65. The molecule has 0 N–H and O–H groups in total. The fraction of sp³-hybridized carbons (Fsp3) is 0.615. The molecule has 0 saturated heterocycles. The van der Waals surface area contributed by atoms with E-state index in [0.29, 0.717) is 11.3 Å². The molecule has 136 valence electrons. The Bertz CT molecular complexity index is 740. The summed E-state index contributed by atoms with van der Waals surface area (Å²) >= 11 is 0. The molecule has 4 aliphatic rings. The van der Waals surface area contributed by atoms with Gasteiger partial charge in [-0.2, -0.15) is 0 Å². The average Bonchev–Trinajstić information content (AvgIpc) is 3.35. The van der Waals surface area contributed by atoms with E-state index in [-0.39, 0.29) is 0 Å². The van der Waals surface area contributed by atoms with Crippen LogP contribution in [0, 0.1) is 35.5 Å². The number of rotatable bonds is 3. The third kappa shape index (κ3) is 2.43. The van der Waals surface area contributed by atoms with Crippen LogP contribution >= 0.6 is 0 Å². The molecule has 1 aromatic rings. The fourth-order valence-corrected chi connectivity index (χ4v) is 7.53. The lowest BCUT2D eigenvalue weighted by molar-refractivity contribution is 0.0995. The lowest BCUT2D eigenvalue weighted by Gasteiger charge is -2.47. The molecule has 0 heteroatoms. The molecule has 6 atom stereocenters. The fourth-order valence-electron chi connectivity index (χ4n) is 7.53. The molecule has 5 rings (SSSR count). The zero-order valence-corrected chi connectivity index (χ0v) is 16.2. The van der Waals surface area contributed by atoms with E-state index in [4.69, 9.17) is 0 Å². The highest BCUT2D eigenvalue weighted by molar-refractivity contribution is 5.31. The molecule has 1 aromatic carbocycles. The minimum atomic E-state index is 0.306. The van der Waals surface area contributed by atoms with Gasteiger partial charge in [-0.05, 0) is 84.3 Å². The zero-order chi connectivity index (χ0) is 17.6.